The summed E-state index contributed by atoms with van der Waals surface area (Å²) in [5, 5.41) is 2.74. The Morgan fingerprint density at radius 2 is 2.06 bits per heavy atom. The lowest BCUT2D eigenvalue weighted by Gasteiger charge is -2.17. The molecule has 0 bridgehead atoms. The first-order chi connectivity index (χ1) is 7.84. The number of nitrogens with two attached hydrogens (primary N) is 1. The molecule has 0 saturated heterocycles. The third-order valence-corrected chi connectivity index (χ3v) is 2.86. The molecule has 1 aromatic rings. The molecule has 0 aliphatic carbocycles. The molecule has 1 rings (SSSR count). The lowest BCUT2D eigenvalue weighted by Crippen LogP contribution is -2.28. The van der Waals surface area contributed by atoms with E-state index in [9.17, 15) is 13.2 Å². The van der Waals surface area contributed by atoms with Gasteiger partial charge >= 0.3 is 6.18 Å². The lowest BCUT2D eigenvalue weighted by molar-refractivity contribution is -0.137. The molecule has 0 fully saturated rings. The van der Waals surface area contributed by atoms with E-state index < -0.39 is 11.7 Å². The molecular formula is C11H14BrF3N2. The van der Waals surface area contributed by atoms with E-state index in [0.29, 0.717) is 17.4 Å². The Hall–Kier alpha value is -0.750. The Labute approximate surface area is 107 Å². The zero-order valence-electron chi connectivity index (χ0n) is 9.31. The largest absolute Gasteiger partial charge is 0.418 e. The number of rotatable bonds is 4. The first kappa shape index (κ1) is 14.3. The molecule has 0 saturated carbocycles. The van der Waals surface area contributed by atoms with Gasteiger partial charge in [0.05, 0.1) is 5.56 Å². The fraction of sp³-hybridized carbons (Fsp3) is 0.455. The predicted octanol–water partition coefficient (Wildman–Crippen LogP) is 3.62. The predicted molar refractivity (Wildman–Crippen MR) is 65.9 cm³/mol. The van der Waals surface area contributed by atoms with Gasteiger partial charge in [0.15, 0.2) is 0 Å². The Morgan fingerprint density at radius 1 is 1.41 bits per heavy atom. The highest BCUT2D eigenvalue weighted by Gasteiger charge is 2.33. The molecule has 2 nitrogen and oxygen atoms in total. The molecular weight excluding hydrogens is 297 g/mol. The van der Waals surface area contributed by atoms with Crippen molar-refractivity contribution in [1.29, 1.82) is 0 Å². The van der Waals surface area contributed by atoms with Gasteiger partial charge in [-0.25, -0.2) is 0 Å². The van der Waals surface area contributed by atoms with E-state index in [1.54, 1.807) is 0 Å². The number of halogens is 4. The molecule has 0 aliphatic heterocycles. The summed E-state index contributed by atoms with van der Waals surface area (Å²) in [6, 6.07) is 3.66. The van der Waals surface area contributed by atoms with Gasteiger partial charge in [-0.1, -0.05) is 22.9 Å². The Morgan fingerprint density at radius 3 is 2.59 bits per heavy atom. The molecule has 1 aromatic carbocycles. The van der Waals surface area contributed by atoms with Crippen LogP contribution in [0.25, 0.3) is 0 Å². The molecule has 96 valence electrons. The fourth-order valence-corrected chi connectivity index (χ4v) is 1.66. The second-order valence-corrected chi connectivity index (χ2v) is 4.65. The summed E-state index contributed by atoms with van der Waals surface area (Å²) in [7, 11) is 0. The van der Waals surface area contributed by atoms with E-state index in [2.05, 4.69) is 21.2 Å². The first-order valence-electron chi connectivity index (χ1n) is 5.20. The van der Waals surface area contributed by atoms with Crippen molar-refractivity contribution in [3.05, 3.63) is 28.2 Å². The van der Waals surface area contributed by atoms with E-state index in [-0.39, 0.29) is 11.7 Å². The maximum atomic E-state index is 12.7. The van der Waals surface area contributed by atoms with Crippen molar-refractivity contribution in [2.24, 2.45) is 5.73 Å². The van der Waals surface area contributed by atoms with Gasteiger partial charge in [-0.2, -0.15) is 13.2 Å². The minimum Gasteiger partial charge on any atom is -0.383 e. The molecule has 1 unspecified atom stereocenters. The summed E-state index contributed by atoms with van der Waals surface area (Å²) in [4.78, 5) is 0. The van der Waals surface area contributed by atoms with Gasteiger partial charge in [-0.15, -0.1) is 0 Å². The zero-order valence-corrected chi connectivity index (χ0v) is 10.9. The van der Waals surface area contributed by atoms with Gasteiger partial charge in [0.25, 0.3) is 0 Å². The van der Waals surface area contributed by atoms with Crippen LogP contribution in [0.5, 0.6) is 0 Å². The van der Waals surface area contributed by atoms with Crippen molar-refractivity contribution < 1.29 is 13.2 Å². The van der Waals surface area contributed by atoms with Gasteiger partial charge in [-0.05, 0) is 24.6 Å². The average Bonchev–Trinajstić information content (AvgIpc) is 2.24. The summed E-state index contributed by atoms with van der Waals surface area (Å²) >= 11 is 3.15. The average molecular weight is 311 g/mol. The van der Waals surface area contributed by atoms with Crippen LogP contribution in [-0.2, 0) is 6.18 Å². The number of benzene rings is 1. The standard InChI is InChI=1S/C11H14BrF3N2/c1-2-8(16)6-17-10-5-7(12)3-4-9(10)11(13,14)15/h3-5,8,17H,2,6,16H2,1H3. The molecule has 0 spiro atoms. The van der Waals surface area contributed by atoms with Crippen molar-refractivity contribution in [2.75, 3.05) is 11.9 Å². The molecule has 3 N–H and O–H groups in total. The van der Waals surface area contributed by atoms with Crippen LogP contribution >= 0.6 is 15.9 Å². The van der Waals surface area contributed by atoms with Crippen LogP contribution in [0.1, 0.15) is 18.9 Å². The number of anilines is 1. The van der Waals surface area contributed by atoms with Gasteiger partial charge in [0.1, 0.15) is 0 Å². The monoisotopic (exact) mass is 310 g/mol. The van der Waals surface area contributed by atoms with Crippen molar-refractivity contribution in [3.63, 3.8) is 0 Å². The highest BCUT2D eigenvalue weighted by molar-refractivity contribution is 9.10. The zero-order chi connectivity index (χ0) is 13.1. The van der Waals surface area contributed by atoms with E-state index >= 15 is 0 Å². The summed E-state index contributed by atoms with van der Waals surface area (Å²) in [5.41, 5.74) is 5.04. The second-order valence-electron chi connectivity index (χ2n) is 3.74. The van der Waals surface area contributed by atoms with Crippen LogP contribution in [0.3, 0.4) is 0 Å². The first-order valence-corrected chi connectivity index (χ1v) is 6.00. The fourth-order valence-electron chi connectivity index (χ4n) is 1.30. The Kier molecular flexibility index (Phi) is 4.82. The summed E-state index contributed by atoms with van der Waals surface area (Å²) in [6.45, 7) is 2.20. The van der Waals surface area contributed by atoms with Gasteiger partial charge in [-0.3, -0.25) is 0 Å². The maximum absolute atomic E-state index is 12.7. The topological polar surface area (TPSA) is 38.0 Å². The van der Waals surface area contributed by atoms with Crippen LogP contribution in [0.4, 0.5) is 18.9 Å². The quantitative estimate of drug-likeness (QED) is 0.891. The SMILES string of the molecule is CCC(N)CNc1cc(Br)ccc1C(F)(F)F. The van der Waals surface area contributed by atoms with Crippen molar-refractivity contribution in [1.82, 2.24) is 0 Å². The third kappa shape index (κ3) is 4.20. The van der Waals surface area contributed by atoms with Gasteiger partial charge in [0, 0.05) is 22.7 Å². The van der Waals surface area contributed by atoms with Crippen LogP contribution < -0.4 is 11.1 Å². The van der Waals surface area contributed by atoms with Crippen molar-refractivity contribution in [3.8, 4) is 0 Å². The number of hydrogen-bond donors (Lipinski definition) is 2. The molecule has 1 atom stereocenters. The van der Waals surface area contributed by atoms with Crippen LogP contribution in [0.15, 0.2) is 22.7 Å². The van der Waals surface area contributed by atoms with Crippen molar-refractivity contribution >= 4 is 21.6 Å². The van der Waals surface area contributed by atoms with Crippen molar-refractivity contribution in [2.45, 2.75) is 25.6 Å². The molecule has 0 amide bonds. The highest BCUT2D eigenvalue weighted by Crippen LogP contribution is 2.36. The van der Waals surface area contributed by atoms with Crippen LogP contribution in [0.2, 0.25) is 0 Å². The molecule has 17 heavy (non-hydrogen) atoms. The van der Waals surface area contributed by atoms with Crippen LogP contribution in [0, 0.1) is 0 Å². The van der Waals surface area contributed by atoms with E-state index in [1.807, 2.05) is 6.92 Å². The minimum atomic E-state index is -4.36. The smallest absolute Gasteiger partial charge is 0.383 e. The third-order valence-electron chi connectivity index (χ3n) is 2.37. The van der Waals surface area contributed by atoms with Crippen LogP contribution in [-0.4, -0.2) is 12.6 Å². The minimum absolute atomic E-state index is 0.0516. The molecule has 0 aliphatic rings. The number of hydrogen-bond acceptors (Lipinski definition) is 2. The lowest BCUT2D eigenvalue weighted by atomic mass is 10.1. The van der Waals surface area contributed by atoms with E-state index in [4.69, 9.17) is 5.73 Å². The summed E-state index contributed by atoms with van der Waals surface area (Å²) in [6.07, 6.45) is -3.65. The second kappa shape index (κ2) is 5.73. The Bertz CT molecular complexity index is 379. The number of alkyl halides is 3. The van der Waals surface area contributed by atoms with Gasteiger partial charge < -0.3 is 11.1 Å². The summed E-state index contributed by atoms with van der Waals surface area (Å²) in [5.74, 6) is 0. The molecule has 0 radical (unpaired) electrons. The highest BCUT2D eigenvalue weighted by atomic mass is 79.9. The number of nitrogens with one attached hydrogen (secondary N) is 1. The maximum Gasteiger partial charge on any atom is 0.418 e. The van der Waals surface area contributed by atoms with Gasteiger partial charge in [0.2, 0.25) is 0 Å². The Balaban J connectivity index is 2.92. The van der Waals surface area contributed by atoms with E-state index in [1.165, 1.54) is 12.1 Å². The molecule has 0 aromatic heterocycles. The summed E-state index contributed by atoms with van der Waals surface area (Å²) < 4.78 is 38.7. The normalized spacial score (nSPS) is 13.5. The van der Waals surface area contributed by atoms with E-state index in [0.717, 1.165) is 6.07 Å². The molecule has 0 heterocycles. The molecule has 6 heteroatoms.